The van der Waals surface area contributed by atoms with E-state index in [1.807, 2.05) is 19.9 Å². The van der Waals surface area contributed by atoms with E-state index in [4.69, 9.17) is 4.74 Å². The smallest absolute Gasteiger partial charge is 0.119 e. The summed E-state index contributed by atoms with van der Waals surface area (Å²) in [5.41, 5.74) is 2.59. The highest BCUT2D eigenvalue weighted by Gasteiger charge is 2.08. The lowest BCUT2D eigenvalue weighted by Gasteiger charge is -2.17. The van der Waals surface area contributed by atoms with E-state index in [1.165, 1.54) is 24.0 Å². The van der Waals surface area contributed by atoms with Gasteiger partial charge >= 0.3 is 0 Å². The van der Waals surface area contributed by atoms with Crippen LogP contribution < -0.4 is 4.74 Å². The molecule has 1 aromatic carbocycles. The molecule has 0 radical (unpaired) electrons. The van der Waals surface area contributed by atoms with Crippen LogP contribution in [0.25, 0.3) is 6.08 Å². The van der Waals surface area contributed by atoms with E-state index in [9.17, 15) is 0 Å². The van der Waals surface area contributed by atoms with Crippen molar-refractivity contribution in [2.24, 2.45) is 11.8 Å². The van der Waals surface area contributed by atoms with E-state index in [1.54, 1.807) is 0 Å². The fraction of sp³-hybridized carbons (Fsp3) is 0.600. The summed E-state index contributed by atoms with van der Waals surface area (Å²) in [4.78, 5) is 0. The van der Waals surface area contributed by atoms with Gasteiger partial charge in [-0.1, -0.05) is 66.7 Å². The molecule has 0 amide bonds. The third-order valence-electron chi connectivity index (χ3n) is 3.79. The highest BCUT2D eigenvalue weighted by atomic mass is 16.5. The second-order valence-corrected chi connectivity index (χ2v) is 5.70. The van der Waals surface area contributed by atoms with Crippen molar-refractivity contribution in [1.29, 1.82) is 0 Å². The van der Waals surface area contributed by atoms with Crippen molar-refractivity contribution in [3.8, 4) is 5.75 Å². The molecule has 0 aliphatic carbocycles. The lowest BCUT2D eigenvalue weighted by atomic mass is 9.99. The van der Waals surface area contributed by atoms with Crippen LogP contribution in [-0.2, 0) is 6.42 Å². The minimum Gasteiger partial charge on any atom is -0.493 e. The molecular formula is C20H34O. The van der Waals surface area contributed by atoms with Gasteiger partial charge < -0.3 is 4.74 Å². The van der Waals surface area contributed by atoms with Crippen molar-refractivity contribution in [2.45, 2.75) is 60.8 Å². The van der Waals surface area contributed by atoms with Gasteiger partial charge in [0.05, 0.1) is 6.61 Å². The Morgan fingerprint density at radius 1 is 1.19 bits per heavy atom. The van der Waals surface area contributed by atoms with Gasteiger partial charge in [0.2, 0.25) is 0 Å². The normalized spacial score (nSPS) is 11.6. The summed E-state index contributed by atoms with van der Waals surface area (Å²) >= 11 is 0. The molecule has 1 nitrogen and oxygen atoms in total. The SMILES string of the molecule is C=Cc1cc(OCC(C)C(C)C)ccc1CCCC.CC. The fourth-order valence-electron chi connectivity index (χ4n) is 1.87. The van der Waals surface area contributed by atoms with E-state index in [-0.39, 0.29) is 0 Å². The van der Waals surface area contributed by atoms with Crippen LogP contribution in [0.1, 0.15) is 65.5 Å². The zero-order valence-corrected chi connectivity index (χ0v) is 14.9. The first-order chi connectivity index (χ1) is 10.1. The van der Waals surface area contributed by atoms with Gasteiger partial charge in [0.1, 0.15) is 5.75 Å². The minimum absolute atomic E-state index is 0.576. The van der Waals surface area contributed by atoms with Gasteiger partial charge in [-0.2, -0.15) is 0 Å². The molecule has 0 saturated heterocycles. The van der Waals surface area contributed by atoms with Crippen LogP contribution in [0.4, 0.5) is 0 Å². The fourth-order valence-corrected chi connectivity index (χ4v) is 1.87. The Bertz CT molecular complexity index is 393. The molecule has 0 saturated carbocycles. The van der Waals surface area contributed by atoms with E-state index in [0.717, 1.165) is 18.8 Å². The van der Waals surface area contributed by atoms with Gasteiger partial charge in [0.25, 0.3) is 0 Å². The maximum Gasteiger partial charge on any atom is 0.119 e. The Labute approximate surface area is 132 Å². The van der Waals surface area contributed by atoms with Gasteiger partial charge in [0, 0.05) is 0 Å². The highest BCUT2D eigenvalue weighted by Crippen LogP contribution is 2.22. The summed E-state index contributed by atoms with van der Waals surface area (Å²) in [7, 11) is 0. The Morgan fingerprint density at radius 3 is 2.38 bits per heavy atom. The summed E-state index contributed by atoms with van der Waals surface area (Å²) in [6.07, 6.45) is 5.51. The zero-order chi connectivity index (χ0) is 16.3. The van der Waals surface area contributed by atoms with Crippen molar-refractivity contribution < 1.29 is 4.74 Å². The molecule has 1 unspecified atom stereocenters. The maximum atomic E-state index is 5.88. The van der Waals surface area contributed by atoms with Gasteiger partial charge in [-0.05, 0) is 47.9 Å². The van der Waals surface area contributed by atoms with Crippen LogP contribution in [0.3, 0.4) is 0 Å². The standard InChI is InChI=1S/C18H28O.C2H6/c1-6-8-9-17-10-11-18(12-16(17)7-2)19-13-15(5)14(3)4;1-2/h7,10-12,14-15H,2,6,8-9,13H2,1,3-5H3;1-2H3. The topological polar surface area (TPSA) is 9.23 Å². The quantitative estimate of drug-likeness (QED) is 0.540. The summed E-state index contributed by atoms with van der Waals surface area (Å²) in [5.74, 6) is 2.19. The molecule has 1 heteroatoms. The molecule has 0 spiro atoms. The van der Waals surface area contributed by atoms with Crippen molar-refractivity contribution >= 4 is 6.08 Å². The number of rotatable bonds is 8. The largest absolute Gasteiger partial charge is 0.493 e. The first kappa shape index (κ1) is 19.8. The van der Waals surface area contributed by atoms with E-state index in [2.05, 4.69) is 52.5 Å². The third kappa shape index (κ3) is 7.36. The lowest BCUT2D eigenvalue weighted by molar-refractivity contribution is 0.223. The highest BCUT2D eigenvalue weighted by molar-refractivity contribution is 5.54. The Morgan fingerprint density at radius 2 is 1.86 bits per heavy atom. The summed E-state index contributed by atoms with van der Waals surface area (Å²) < 4.78 is 5.88. The first-order valence-electron chi connectivity index (χ1n) is 8.46. The third-order valence-corrected chi connectivity index (χ3v) is 3.79. The van der Waals surface area contributed by atoms with Crippen LogP contribution in [0, 0.1) is 11.8 Å². The van der Waals surface area contributed by atoms with Crippen LogP contribution >= 0.6 is 0 Å². The van der Waals surface area contributed by atoms with Crippen LogP contribution in [0.2, 0.25) is 0 Å². The van der Waals surface area contributed by atoms with Crippen LogP contribution in [0.5, 0.6) is 5.75 Å². The minimum atomic E-state index is 0.576. The second kappa shape index (κ2) is 11.4. The average molecular weight is 290 g/mol. The predicted octanol–water partition coefficient (Wildman–Crippen LogP) is 6.37. The van der Waals surface area contributed by atoms with Gasteiger partial charge in [0.15, 0.2) is 0 Å². The molecule has 1 atom stereocenters. The molecule has 1 rings (SSSR count). The van der Waals surface area contributed by atoms with Gasteiger partial charge in [-0.15, -0.1) is 0 Å². The van der Waals surface area contributed by atoms with Gasteiger partial charge in [-0.25, -0.2) is 0 Å². The molecule has 120 valence electrons. The molecular weight excluding hydrogens is 256 g/mol. The van der Waals surface area contributed by atoms with E-state index < -0.39 is 0 Å². The van der Waals surface area contributed by atoms with Crippen molar-refractivity contribution in [1.82, 2.24) is 0 Å². The van der Waals surface area contributed by atoms with Crippen molar-refractivity contribution in [3.05, 3.63) is 35.9 Å². The van der Waals surface area contributed by atoms with E-state index in [0.29, 0.717) is 11.8 Å². The number of hydrogen-bond acceptors (Lipinski definition) is 1. The molecule has 0 aromatic heterocycles. The molecule has 21 heavy (non-hydrogen) atoms. The number of benzene rings is 1. The van der Waals surface area contributed by atoms with Crippen LogP contribution in [0.15, 0.2) is 24.8 Å². The summed E-state index contributed by atoms with van der Waals surface area (Å²) in [5, 5.41) is 0. The Kier molecular flexibility index (Phi) is 10.7. The lowest BCUT2D eigenvalue weighted by Crippen LogP contribution is -2.14. The van der Waals surface area contributed by atoms with Crippen molar-refractivity contribution in [2.75, 3.05) is 6.61 Å². The Balaban J connectivity index is 0.00000191. The molecule has 1 aromatic rings. The number of hydrogen-bond donors (Lipinski definition) is 0. The number of unbranched alkanes of at least 4 members (excludes halogenated alkanes) is 1. The first-order valence-corrected chi connectivity index (χ1v) is 8.46. The molecule has 0 aliphatic rings. The van der Waals surface area contributed by atoms with Crippen molar-refractivity contribution in [3.63, 3.8) is 0 Å². The number of ether oxygens (including phenoxy) is 1. The second-order valence-electron chi connectivity index (χ2n) is 5.70. The van der Waals surface area contributed by atoms with E-state index >= 15 is 0 Å². The average Bonchev–Trinajstić information content (AvgIpc) is 2.52. The van der Waals surface area contributed by atoms with Crippen LogP contribution in [-0.4, -0.2) is 6.61 Å². The Hall–Kier alpha value is -1.24. The van der Waals surface area contributed by atoms with Gasteiger partial charge in [-0.3, -0.25) is 0 Å². The monoisotopic (exact) mass is 290 g/mol. The molecule has 0 heterocycles. The maximum absolute atomic E-state index is 5.88. The molecule has 0 bridgehead atoms. The zero-order valence-electron chi connectivity index (χ0n) is 14.9. The predicted molar refractivity (Wildman–Crippen MR) is 96.0 cm³/mol. The number of aryl methyl sites for hydroxylation is 1. The summed E-state index contributed by atoms with van der Waals surface area (Å²) in [6, 6.07) is 6.39. The molecule has 0 N–H and O–H groups in total. The molecule has 0 aliphatic heterocycles. The molecule has 0 fully saturated rings. The summed E-state index contributed by atoms with van der Waals surface area (Å²) in [6.45, 7) is 17.6.